The molecule has 0 radical (unpaired) electrons. The number of allylic oxidation sites excluding steroid dienone is 1. The van der Waals surface area contributed by atoms with Gasteiger partial charge in [0.25, 0.3) is 0 Å². The van der Waals surface area contributed by atoms with Crippen LogP contribution in [-0.2, 0) is 0 Å². The van der Waals surface area contributed by atoms with Crippen molar-refractivity contribution < 1.29 is 0 Å². The molecule has 0 N–H and O–H groups in total. The van der Waals surface area contributed by atoms with E-state index < -0.39 is 0 Å². The molecule has 1 aliphatic heterocycles. The average molecular weight is 266 g/mol. The van der Waals surface area contributed by atoms with Gasteiger partial charge in [0.05, 0.1) is 4.88 Å². The molecule has 16 heavy (non-hydrogen) atoms. The van der Waals surface area contributed by atoms with Crippen LogP contribution in [0.4, 0.5) is 0 Å². The Morgan fingerprint density at radius 1 is 1.44 bits per heavy atom. The highest BCUT2D eigenvalue weighted by Crippen LogP contribution is 2.41. The molecule has 0 fully saturated rings. The number of hydrogen-bond acceptors (Lipinski definition) is 2. The zero-order valence-electron chi connectivity index (χ0n) is 9.49. The fourth-order valence-corrected chi connectivity index (χ4v) is 5.96. The number of hydrogen-bond donors (Lipinski definition) is 0. The molecule has 1 aliphatic rings. The lowest BCUT2D eigenvalue weighted by Crippen LogP contribution is -2.12. The molecule has 84 valence electrons. The van der Waals surface area contributed by atoms with Gasteiger partial charge in [-0.05, 0) is 36.8 Å². The van der Waals surface area contributed by atoms with Crippen molar-refractivity contribution >= 4 is 36.3 Å². The van der Waals surface area contributed by atoms with Gasteiger partial charge >= 0.3 is 0 Å². The Morgan fingerprint density at radius 2 is 2.31 bits per heavy atom. The third kappa shape index (κ3) is 3.14. The summed E-state index contributed by atoms with van der Waals surface area (Å²) in [5, 5.41) is 2.26. The summed E-state index contributed by atoms with van der Waals surface area (Å²) in [7, 11) is 0.922. The second-order valence-corrected chi connectivity index (χ2v) is 8.19. The first-order valence-corrected chi connectivity index (χ1v) is 8.23. The molecule has 3 heteroatoms. The van der Waals surface area contributed by atoms with Crippen LogP contribution in [0.2, 0.25) is 0 Å². The van der Waals surface area contributed by atoms with Crippen LogP contribution in [0, 0.1) is 17.8 Å². The normalized spacial score (nSPS) is 24.6. The predicted octanol–water partition coefficient (Wildman–Crippen LogP) is 4.04. The molecule has 1 aromatic heterocycles. The SMILES string of the molecule is CC#Cc1ccc(PC2SC=CCC2C)s1. The number of thiophene rings is 1. The second-order valence-electron chi connectivity index (χ2n) is 3.82. The maximum absolute atomic E-state index is 3.13. The third-order valence-electron chi connectivity index (χ3n) is 2.48. The first-order valence-electron chi connectivity index (χ1n) is 5.39. The molecule has 0 saturated heterocycles. The Bertz CT molecular complexity index is 436. The van der Waals surface area contributed by atoms with Crippen molar-refractivity contribution in [3.05, 3.63) is 28.5 Å². The number of thioether (sulfide) groups is 1. The largest absolute Gasteiger partial charge is 0.127 e. The Labute approximate surface area is 108 Å². The van der Waals surface area contributed by atoms with Gasteiger partial charge in [0.15, 0.2) is 0 Å². The highest BCUT2D eigenvalue weighted by Gasteiger charge is 2.19. The van der Waals surface area contributed by atoms with Gasteiger partial charge in [-0.15, -0.1) is 29.0 Å². The van der Waals surface area contributed by atoms with Crippen LogP contribution >= 0.6 is 31.7 Å². The van der Waals surface area contributed by atoms with Crippen LogP contribution < -0.4 is 4.62 Å². The van der Waals surface area contributed by atoms with Crippen LogP contribution in [-0.4, -0.2) is 4.99 Å². The van der Waals surface area contributed by atoms with E-state index in [1.165, 1.54) is 15.9 Å². The molecule has 0 aliphatic carbocycles. The number of rotatable bonds is 2. The maximum atomic E-state index is 3.13. The van der Waals surface area contributed by atoms with Crippen LogP contribution in [0.1, 0.15) is 25.1 Å². The van der Waals surface area contributed by atoms with E-state index in [1.54, 1.807) is 0 Å². The van der Waals surface area contributed by atoms with Gasteiger partial charge in [0, 0.05) is 9.61 Å². The zero-order valence-corrected chi connectivity index (χ0v) is 12.1. The first kappa shape index (κ1) is 12.2. The van der Waals surface area contributed by atoms with E-state index in [2.05, 4.69) is 42.4 Å². The average Bonchev–Trinajstić information content (AvgIpc) is 2.70. The zero-order chi connectivity index (χ0) is 11.4. The van der Waals surface area contributed by atoms with Gasteiger partial charge in [-0.1, -0.05) is 27.5 Å². The molecule has 2 heterocycles. The summed E-state index contributed by atoms with van der Waals surface area (Å²) in [6.07, 6.45) is 3.52. The van der Waals surface area contributed by atoms with Crippen molar-refractivity contribution in [2.75, 3.05) is 0 Å². The Hall–Kier alpha value is -0.220. The van der Waals surface area contributed by atoms with Crippen LogP contribution in [0.5, 0.6) is 0 Å². The summed E-state index contributed by atoms with van der Waals surface area (Å²) in [4.78, 5) is 1.97. The lowest BCUT2D eigenvalue weighted by Gasteiger charge is -2.23. The molecular formula is C13H15PS2. The van der Waals surface area contributed by atoms with E-state index in [9.17, 15) is 0 Å². The third-order valence-corrected chi connectivity index (χ3v) is 7.13. The quantitative estimate of drug-likeness (QED) is 0.575. The molecule has 0 amide bonds. The van der Waals surface area contributed by atoms with Gasteiger partial charge in [-0.2, -0.15) is 0 Å². The van der Waals surface area contributed by atoms with Crippen molar-refractivity contribution in [2.45, 2.75) is 25.3 Å². The van der Waals surface area contributed by atoms with E-state index in [0.717, 1.165) is 19.5 Å². The van der Waals surface area contributed by atoms with Crippen molar-refractivity contribution in [1.82, 2.24) is 0 Å². The van der Waals surface area contributed by atoms with E-state index in [1.807, 2.05) is 30.0 Å². The van der Waals surface area contributed by atoms with Crippen molar-refractivity contribution in [3.8, 4) is 11.8 Å². The van der Waals surface area contributed by atoms with Crippen LogP contribution in [0.3, 0.4) is 0 Å². The van der Waals surface area contributed by atoms with E-state index in [4.69, 9.17) is 0 Å². The smallest absolute Gasteiger partial charge is 0.0775 e. The molecule has 0 nitrogen and oxygen atoms in total. The summed E-state index contributed by atoms with van der Waals surface area (Å²) in [5.74, 6) is 6.89. The van der Waals surface area contributed by atoms with Crippen molar-refractivity contribution in [1.29, 1.82) is 0 Å². The summed E-state index contributed by atoms with van der Waals surface area (Å²) in [6.45, 7) is 4.25. The highest BCUT2D eigenvalue weighted by molar-refractivity contribution is 8.07. The standard InChI is InChI=1S/C13H15PS2/c1-3-5-11-7-8-12(16-11)14-13-10(2)6-4-9-15-13/h4,7-10,13-14H,6H2,1-2H3. The highest BCUT2D eigenvalue weighted by atomic mass is 32.2. The van der Waals surface area contributed by atoms with Crippen molar-refractivity contribution in [3.63, 3.8) is 0 Å². The molecule has 0 saturated carbocycles. The van der Waals surface area contributed by atoms with Gasteiger partial charge in [-0.25, -0.2) is 0 Å². The van der Waals surface area contributed by atoms with Gasteiger partial charge < -0.3 is 0 Å². The minimum atomic E-state index is 0.770. The predicted molar refractivity (Wildman–Crippen MR) is 79.1 cm³/mol. The van der Waals surface area contributed by atoms with Gasteiger partial charge in [0.1, 0.15) is 0 Å². The van der Waals surface area contributed by atoms with E-state index in [0.29, 0.717) is 0 Å². The fraction of sp³-hybridized carbons (Fsp3) is 0.385. The Balaban J connectivity index is 2.02. The fourth-order valence-electron chi connectivity index (χ4n) is 1.59. The van der Waals surface area contributed by atoms with Gasteiger partial charge in [0.2, 0.25) is 0 Å². The minimum Gasteiger partial charge on any atom is -0.127 e. The first-order chi connectivity index (χ1) is 7.79. The minimum absolute atomic E-state index is 0.770. The monoisotopic (exact) mass is 266 g/mol. The summed E-state index contributed by atoms with van der Waals surface area (Å²) in [6, 6.07) is 4.39. The summed E-state index contributed by atoms with van der Waals surface area (Å²) >= 11 is 3.85. The topological polar surface area (TPSA) is 0 Å². The van der Waals surface area contributed by atoms with Crippen LogP contribution in [0.25, 0.3) is 0 Å². The molecule has 0 bridgehead atoms. The molecular weight excluding hydrogens is 251 g/mol. The van der Waals surface area contributed by atoms with Gasteiger partial charge in [-0.3, -0.25) is 0 Å². The molecule has 1 aromatic rings. The maximum Gasteiger partial charge on any atom is 0.0775 e. The molecule has 3 unspecified atom stereocenters. The molecule has 2 rings (SSSR count). The lowest BCUT2D eigenvalue weighted by molar-refractivity contribution is 0.646. The van der Waals surface area contributed by atoms with E-state index >= 15 is 0 Å². The Kier molecular flexibility index (Phi) is 4.53. The molecule has 0 spiro atoms. The molecule has 3 atom stereocenters. The summed E-state index contributed by atoms with van der Waals surface area (Å²) in [5.41, 5.74) is 0. The second kappa shape index (κ2) is 5.92. The van der Waals surface area contributed by atoms with E-state index in [-0.39, 0.29) is 0 Å². The van der Waals surface area contributed by atoms with Crippen LogP contribution in [0.15, 0.2) is 23.6 Å². The lowest BCUT2D eigenvalue weighted by atomic mass is 10.1. The van der Waals surface area contributed by atoms with Crippen molar-refractivity contribution in [2.24, 2.45) is 5.92 Å². The molecule has 0 aromatic carbocycles. The summed E-state index contributed by atoms with van der Waals surface area (Å²) < 4.78 is 1.50. The Morgan fingerprint density at radius 3 is 3.06 bits per heavy atom.